The quantitative estimate of drug-likeness (QED) is 0.137. The lowest BCUT2D eigenvalue weighted by atomic mass is 10.1. The van der Waals surface area contributed by atoms with Crippen molar-refractivity contribution < 1.29 is 42.7 Å². The van der Waals surface area contributed by atoms with Crippen LogP contribution in [-0.4, -0.2) is 91.2 Å². The van der Waals surface area contributed by atoms with Gasteiger partial charge in [0.15, 0.2) is 0 Å². The first-order chi connectivity index (χ1) is 16.2. The summed E-state index contributed by atoms with van der Waals surface area (Å²) in [6.45, 7) is 9.20. The lowest BCUT2D eigenvalue weighted by Gasteiger charge is -2.08. The van der Waals surface area contributed by atoms with E-state index < -0.39 is 0 Å². The molecule has 0 rings (SSSR count). The van der Waals surface area contributed by atoms with E-state index in [-0.39, 0.29) is 25.2 Å². The van der Waals surface area contributed by atoms with Gasteiger partial charge in [-0.15, -0.1) is 0 Å². The van der Waals surface area contributed by atoms with Crippen molar-refractivity contribution in [1.82, 2.24) is 0 Å². The van der Waals surface area contributed by atoms with Crippen LogP contribution in [0.15, 0.2) is 0 Å². The van der Waals surface area contributed by atoms with Gasteiger partial charge in [0.25, 0.3) is 0 Å². The zero-order valence-corrected chi connectivity index (χ0v) is 20.8. The predicted octanol–water partition coefficient (Wildman–Crippen LogP) is 3.32. The molecule has 0 fully saturated rings. The van der Waals surface area contributed by atoms with Crippen molar-refractivity contribution in [2.45, 2.75) is 65.2 Å². The van der Waals surface area contributed by atoms with Gasteiger partial charge >= 0.3 is 11.9 Å². The van der Waals surface area contributed by atoms with Crippen molar-refractivity contribution in [3.05, 3.63) is 0 Å². The highest BCUT2D eigenvalue weighted by Gasteiger charge is 2.02. The number of rotatable bonds is 26. The van der Waals surface area contributed by atoms with Gasteiger partial charge in [0.05, 0.1) is 66.1 Å². The van der Waals surface area contributed by atoms with Crippen molar-refractivity contribution in [3.63, 3.8) is 0 Å². The number of carbonyl (C=O) groups excluding carboxylic acids is 2. The van der Waals surface area contributed by atoms with Crippen LogP contribution in [0.3, 0.4) is 0 Å². The molecule has 0 heterocycles. The topological polar surface area (TPSA) is 98.8 Å². The number of unbranched alkanes of at least 4 members (excludes halogenated alkanes) is 4. The Morgan fingerprint density at radius 3 is 1.18 bits per heavy atom. The first kappa shape index (κ1) is 31.7. The molecule has 0 aromatic rings. The van der Waals surface area contributed by atoms with Crippen molar-refractivity contribution in [1.29, 1.82) is 0 Å². The van der Waals surface area contributed by atoms with Crippen LogP contribution in [0.25, 0.3) is 0 Å². The number of hydrogen-bond donors (Lipinski definition) is 0. The van der Waals surface area contributed by atoms with Crippen molar-refractivity contribution in [3.8, 4) is 0 Å². The van der Waals surface area contributed by atoms with Crippen molar-refractivity contribution in [2.75, 3.05) is 79.3 Å². The molecule has 196 valence electrons. The lowest BCUT2D eigenvalue weighted by Crippen LogP contribution is -2.15. The predicted molar refractivity (Wildman–Crippen MR) is 124 cm³/mol. The highest BCUT2D eigenvalue weighted by Crippen LogP contribution is 2.05. The SMILES string of the molecule is CCCCCCCC(=O)OCCOCCOCCOCCOCCOCCOC(=O)CCC. The first-order valence-electron chi connectivity index (χ1n) is 12.4. The van der Waals surface area contributed by atoms with Crippen molar-refractivity contribution >= 4 is 11.9 Å². The molecule has 0 N–H and O–H groups in total. The molecule has 0 aliphatic heterocycles. The first-order valence-corrected chi connectivity index (χ1v) is 12.4. The highest BCUT2D eigenvalue weighted by atomic mass is 16.6. The second-order valence-corrected chi connectivity index (χ2v) is 7.42. The van der Waals surface area contributed by atoms with Crippen LogP contribution in [0.2, 0.25) is 0 Å². The lowest BCUT2D eigenvalue weighted by molar-refractivity contribution is -0.146. The van der Waals surface area contributed by atoms with E-state index in [4.69, 9.17) is 33.2 Å². The molecule has 33 heavy (non-hydrogen) atoms. The summed E-state index contributed by atoms with van der Waals surface area (Å²) in [5.74, 6) is -0.336. The third kappa shape index (κ3) is 26.9. The molecule has 0 radical (unpaired) electrons. The minimum Gasteiger partial charge on any atom is -0.463 e. The summed E-state index contributed by atoms with van der Waals surface area (Å²) in [5.41, 5.74) is 0. The van der Waals surface area contributed by atoms with Crippen LogP contribution in [-0.2, 0) is 42.7 Å². The molecule has 0 aromatic carbocycles. The van der Waals surface area contributed by atoms with Crippen LogP contribution >= 0.6 is 0 Å². The fourth-order valence-electron chi connectivity index (χ4n) is 2.63. The second-order valence-electron chi connectivity index (χ2n) is 7.42. The Bertz CT molecular complexity index is 432. The zero-order valence-electron chi connectivity index (χ0n) is 20.8. The average Bonchev–Trinajstić information content (AvgIpc) is 2.80. The summed E-state index contributed by atoms with van der Waals surface area (Å²) in [6, 6.07) is 0. The van der Waals surface area contributed by atoms with E-state index in [1.165, 1.54) is 19.3 Å². The van der Waals surface area contributed by atoms with E-state index in [0.717, 1.165) is 19.3 Å². The largest absolute Gasteiger partial charge is 0.463 e. The monoisotopic (exact) mass is 478 g/mol. The normalized spacial score (nSPS) is 11.0. The fraction of sp³-hybridized carbons (Fsp3) is 0.917. The van der Waals surface area contributed by atoms with Crippen LogP contribution in [0.1, 0.15) is 65.2 Å². The van der Waals surface area contributed by atoms with E-state index in [0.29, 0.717) is 78.9 Å². The van der Waals surface area contributed by atoms with Crippen molar-refractivity contribution in [2.24, 2.45) is 0 Å². The van der Waals surface area contributed by atoms with Gasteiger partial charge in [-0.3, -0.25) is 9.59 Å². The fourth-order valence-corrected chi connectivity index (χ4v) is 2.63. The molecule has 0 spiro atoms. The smallest absolute Gasteiger partial charge is 0.305 e. The van der Waals surface area contributed by atoms with Gasteiger partial charge < -0.3 is 33.2 Å². The van der Waals surface area contributed by atoms with E-state index in [9.17, 15) is 9.59 Å². The summed E-state index contributed by atoms with van der Waals surface area (Å²) in [6.07, 6.45) is 7.32. The van der Waals surface area contributed by atoms with E-state index >= 15 is 0 Å². The molecule has 0 atom stereocenters. The van der Waals surface area contributed by atoms with Gasteiger partial charge in [-0.2, -0.15) is 0 Å². The third-order valence-electron chi connectivity index (χ3n) is 4.41. The van der Waals surface area contributed by atoms with Gasteiger partial charge in [-0.1, -0.05) is 39.5 Å². The Hall–Kier alpha value is -1.26. The molecule has 0 bridgehead atoms. The molecule has 9 nitrogen and oxygen atoms in total. The van der Waals surface area contributed by atoms with Crippen LogP contribution < -0.4 is 0 Å². The van der Waals surface area contributed by atoms with Gasteiger partial charge in [-0.05, 0) is 12.8 Å². The number of ether oxygens (including phenoxy) is 7. The Morgan fingerprint density at radius 2 is 0.788 bits per heavy atom. The summed E-state index contributed by atoms with van der Waals surface area (Å²) in [4.78, 5) is 22.7. The zero-order chi connectivity index (χ0) is 24.2. The molecule has 0 aliphatic carbocycles. The minimum atomic E-state index is -0.188. The summed E-state index contributed by atoms with van der Waals surface area (Å²) >= 11 is 0. The van der Waals surface area contributed by atoms with Gasteiger partial charge in [0.1, 0.15) is 13.2 Å². The Kier molecular flexibility index (Phi) is 26.0. The Balaban J connectivity index is 3.13. The minimum absolute atomic E-state index is 0.148. The average molecular weight is 479 g/mol. The standard InChI is InChI=1S/C24H46O9/c1-3-5-6-7-8-10-24(26)33-22-20-31-18-16-29-14-12-27-11-13-28-15-17-30-19-21-32-23(25)9-4-2/h3-22H2,1-2H3. The van der Waals surface area contributed by atoms with E-state index in [1.807, 2.05) is 6.92 Å². The second kappa shape index (κ2) is 27.0. The van der Waals surface area contributed by atoms with Crippen LogP contribution in [0.5, 0.6) is 0 Å². The van der Waals surface area contributed by atoms with Gasteiger partial charge in [0.2, 0.25) is 0 Å². The molecule has 0 saturated heterocycles. The Labute approximate surface area is 199 Å². The summed E-state index contributed by atoms with van der Waals surface area (Å²) in [5, 5.41) is 0. The number of esters is 2. The summed E-state index contributed by atoms with van der Waals surface area (Å²) < 4.78 is 37.0. The maximum Gasteiger partial charge on any atom is 0.305 e. The van der Waals surface area contributed by atoms with Crippen LogP contribution in [0.4, 0.5) is 0 Å². The maximum absolute atomic E-state index is 11.5. The summed E-state index contributed by atoms with van der Waals surface area (Å²) in [7, 11) is 0. The molecule has 9 heteroatoms. The number of carbonyl (C=O) groups is 2. The molecular formula is C24H46O9. The van der Waals surface area contributed by atoms with Gasteiger partial charge in [-0.25, -0.2) is 0 Å². The molecule has 0 aliphatic rings. The molecule has 0 saturated carbocycles. The van der Waals surface area contributed by atoms with E-state index in [1.54, 1.807) is 0 Å². The third-order valence-corrected chi connectivity index (χ3v) is 4.41. The molecule has 0 amide bonds. The number of hydrogen-bond acceptors (Lipinski definition) is 9. The van der Waals surface area contributed by atoms with Crippen LogP contribution in [0, 0.1) is 0 Å². The Morgan fingerprint density at radius 1 is 0.424 bits per heavy atom. The molecule has 0 aromatic heterocycles. The highest BCUT2D eigenvalue weighted by molar-refractivity contribution is 5.69. The molecular weight excluding hydrogens is 432 g/mol. The maximum atomic E-state index is 11.5. The van der Waals surface area contributed by atoms with E-state index in [2.05, 4.69) is 6.92 Å². The van der Waals surface area contributed by atoms with Gasteiger partial charge in [0, 0.05) is 12.8 Å². The molecule has 0 unspecified atom stereocenters.